The minimum atomic E-state index is -0.210. The normalized spacial score (nSPS) is 19.0. The number of aromatic nitrogens is 2. The molecule has 0 bridgehead atoms. The Bertz CT molecular complexity index is 1220. The minimum absolute atomic E-state index is 0.0775. The first-order valence-electron chi connectivity index (χ1n) is 13.7. The number of hydrogen-bond acceptors (Lipinski definition) is 5. The molecule has 38 heavy (non-hydrogen) atoms. The number of rotatable bonds is 7. The number of hydrogen-bond donors (Lipinski definition) is 2. The molecule has 2 aliphatic rings. The molecule has 8 heteroatoms. The lowest BCUT2D eigenvalue weighted by molar-refractivity contribution is 0.292. The zero-order valence-corrected chi connectivity index (χ0v) is 22.8. The molecule has 1 saturated heterocycles. The molecule has 1 aliphatic heterocycles. The highest BCUT2D eigenvalue weighted by atomic mass is 32.1. The smallest absolute Gasteiger partial charge is 0.234 e. The highest BCUT2D eigenvalue weighted by Crippen LogP contribution is 2.39. The molecule has 3 aromatic rings. The van der Waals surface area contributed by atoms with Gasteiger partial charge in [-0.3, -0.25) is 0 Å². The van der Waals surface area contributed by atoms with Gasteiger partial charge in [0.05, 0.1) is 0 Å². The summed E-state index contributed by atoms with van der Waals surface area (Å²) in [6, 6.07) is 18.5. The molecule has 2 heterocycles. The van der Waals surface area contributed by atoms with Crippen molar-refractivity contribution in [1.29, 1.82) is 0 Å². The summed E-state index contributed by atoms with van der Waals surface area (Å²) < 4.78 is 19.7. The maximum atomic E-state index is 13.6. The van der Waals surface area contributed by atoms with Gasteiger partial charge in [0.25, 0.3) is 0 Å². The second-order valence-electron chi connectivity index (χ2n) is 10.7. The number of piperidine rings is 1. The van der Waals surface area contributed by atoms with E-state index in [2.05, 4.69) is 27.4 Å². The molecule has 200 valence electrons. The third-order valence-corrected chi connectivity index (χ3v) is 7.96. The van der Waals surface area contributed by atoms with Crippen LogP contribution in [0.25, 0.3) is 0 Å². The number of nitrogens with one attached hydrogen (secondary N) is 2. The van der Waals surface area contributed by atoms with E-state index in [0.717, 1.165) is 56.6 Å². The SMILES string of the molecule is CC1CCCN(c2cc(Oc3ccccc3)nc(NC(=S)NCC3(c4ccc(F)cc4)CCCCC3)n2)C1. The van der Waals surface area contributed by atoms with Crippen molar-refractivity contribution in [2.75, 3.05) is 29.9 Å². The van der Waals surface area contributed by atoms with Crippen molar-refractivity contribution in [2.24, 2.45) is 5.92 Å². The lowest BCUT2D eigenvalue weighted by Gasteiger charge is -2.38. The zero-order chi connectivity index (χ0) is 26.4. The Morgan fingerprint density at radius 1 is 1.05 bits per heavy atom. The van der Waals surface area contributed by atoms with Crippen LogP contribution in [0.15, 0.2) is 60.7 Å². The van der Waals surface area contributed by atoms with Gasteiger partial charge in [0.1, 0.15) is 17.4 Å². The van der Waals surface area contributed by atoms with Crippen LogP contribution in [0, 0.1) is 11.7 Å². The van der Waals surface area contributed by atoms with Crippen LogP contribution >= 0.6 is 12.2 Å². The lowest BCUT2D eigenvalue weighted by atomic mass is 9.69. The summed E-state index contributed by atoms with van der Waals surface area (Å²) in [4.78, 5) is 11.7. The molecule has 0 radical (unpaired) electrons. The molecule has 5 rings (SSSR count). The van der Waals surface area contributed by atoms with Gasteiger partial charge >= 0.3 is 0 Å². The standard InChI is InChI=1S/C30H36FN5OS/c1-22-9-8-18-36(20-22)26-19-27(37-25-10-4-2-5-11-25)34-28(33-26)35-29(38)32-21-30(16-6-3-7-17-30)23-12-14-24(31)15-13-23/h2,4-5,10-15,19,22H,3,6-9,16-18,20-21H2,1H3,(H2,32,33,34,35,38). The summed E-state index contributed by atoms with van der Waals surface area (Å²) in [5.41, 5.74) is 1.08. The van der Waals surface area contributed by atoms with Crippen LogP contribution in [-0.2, 0) is 5.41 Å². The van der Waals surface area contributed by atoms with Crippen LogP contribution < -0.4 is 20.3 Å². The van der Waals surface area contributed by atoms with Crippen LogP contribution in [0.5, 0.6) is 11.6 Å². The summed E-state index contributed by atoms with van der Waals surface area (Å²) in [7, 11) is 0. The van der Waals surface area contributed by atoms with Crippen molar-refractivity contribution in [3.8, 4) is 11.6 Å². The number of nitrogens with zero attached hydrogens (tertiary/aromatic N) is 3. The van der Waals surface area contributed by atoms with Crippen LogP contribution in [0.1, 0.15) is 57.4 Å². The summed E-state index contributed by atoms with van der Waals surface area (Å²) in [5.74, 6) is 2.82. The predicted molar refractivity (Wildman–Crippen MR) is 155 cm³/mol. The second kappa shape index (κ2) is 12.1. The first-order valence-corrected chi connectivity index (χ1v) is 14.1. The Morgan fingerprint density at radius 3 is 2.55 bits per heavy atom. The minimum Gasteiger partial charge on any atom is -0.439 e. The fourth-order valence-corrected chi connectivity index (χ4v) is 5.85. The van der Waals surface area contributed by atoms with E-state index in [-0.39, 0.29) is 11.2 Å². The van der Waals surface area contributed by atoms with E-state index in [0.29, 0.717) is 35.2 Å². The highest BCUT2D eigenvalue weighted by molar-refractivity contribution is 7.80. The molecular formula is C30H36FN5OS. The third kappa shape index (κ3) is 6.59. The summed E-state index contributed by atoms with van der Waals surface area (Å²) in [6.45, 7) is 4.84. The van der Waals surface area contributed by atoms with E-state index in [1.54, 1.807) is 12.1 Å². The van der Waals surface area contributed by atoms with Crippen LogP contribution in [0.3, 0.4) is 0 Å². The fraction of sp³-hybridized carbons (Fsp3) is 0.433. The van der Waals surface area contributed by atoms with E-state index < -0.39 is 0 Å². The predicted octanol–water partition coefficient (Wildman–Crippen LogP) is 6.83. The van der Waals surface area contributed by atoms with Gasteiger partial charge < -0.3 is 20.3 Å². The lowest BCUT2D eigenvalue weighted by Crippen LogP contribution is -2.43. The maximum Gasteiger partial charge on any atom is 0.234 e. The van der Waals surface area contributed by atoms with E-state index in [1.165, 1.54) is 12.8 Å². The molecule has 1 unspecified atom stereocenters. The van der Waals surface area contributed by atoms with Gasteiger partial charge in [-0.1, -0.05) is 56.5 Å². The van der Waals surface area contributed by atoms with Gasteiger partial charge in [-0.15, -0.1) is 0 Å². The third-order valence-electron chi connectivity index (χ3n) is 7.72. The quantitative estimate of drug-likeness (QED) is 0.323. The molecule has 2 N–H and O–H groups in total. The van der Waals surface area contributed by atoms with Crippen molar-refractivity contribution in [2.45, 2.75) is 57.3 Å². The van der Waals surface area contributed by atoms with Crippen molar-refractivity contribution in [3.05, 3.63) is 72.0 Å². The first-order chi connectivity index (χ1) is 18.5. The van der Waals surface area contributed by atoms with E-state index >= 15 is 0 Å². The summed E-state index contributed by atoms with van der Waals surface area (Å²) in [5, 5.41) is 7.09. The topological polar surface area (TPSA) is 62.3 Å². The number of halogens is 1. The molecular weight excluding hydrogens is 497 g/mol. The molecule has 1 atom stereocenters. The van der Waals surface area contributed by atoms with E-state index in [1.807, 2.05) is 48.5 Å². The van der Waals surface area contributed by atoms with Gasteiger partial charge in [-0.2, -0.15) is 9.97 Å². The highest BCUT2D eigenvalue weighted by Gasteiger charge is 2.34. The Morgan fingerprint density at radius 2 is 1.82 bits per heavy atom. The van der Waals surface area contributed by atoms with E-state index in [4.69, 9.17) is 21.9 Å². The van der Waals surface area contributed by atoms with Gasteiger partial charge in [-0.05, 0) is 73.6 Å². The average Bonchev–Trinajstić information content (AvgIpc) is 2.93. The Balaban J connectivity index is 1.33. The van der Waals surface area contributed by atoms with Gasteiger partial charge in [0.2, 0.25) is 11.8 Å². The van der Waals surface area contributed by atoms with Crippen LogP contribution in [-0.4, -0.2) is 34.7 Å². The number of thiocarbonyl (C=S) groups is 1. The van der Waals surface area contributed by atoms with Crippen LogP contribution in [0.4, 0.5) is 16.2 Å². The van der Waals surface area contributed by atoms with Gasteiger partial charge in [-0.25, -0.2) is 4.39 Å². The molecule has 2 aromatic carbocycles. The first kappa shape index (κ1) is 26.4. The van der Waals surface area contributed by atoms with Crippen molar-refractivity contribution < 1.29 is 9.13 Å². The number of para-hydroxylation sites is 1. The van der Waals surface area contributed by atoms with Gasteiger partial charge in [0, 0.05) is 31.1 Å². The molecule has 1 aliphatic carbocycles. The van der Waals surface area contributed by atoms with E-state index in [9.17, 15) is 4.39 Å². The Labute approximate surface area is 230 Å². The molecule has 0 spiro atoms. The molecule has 6 nitrogen and oxygen atoms in total. The molecule has 1 saturated carbocycles. The molecule has 2 fully saturated rings. The number of benzene rings is 2. The number of anilines is 2. The number of ether oxygens (including phenoxy) is 1. The summed E-state index contributed by atoms with van der Waals surface area (Å²) >= 11 is 5.70. The Hall–Kier alpha value is -3.26. The average molecular weight is 534 g/mol. The van der Waals surface area contributed by atoms with Crippen molar-refractivity contribution in [3.63, 3.8) is 0 Å². The summed E-state index contributed by atoms with van der Waals surface area (Å²) in [6.07, 6.45) is 7.98. The fourth-order valence-electron chi connectivity index (χ4n) is 5.68. The van der Waals surface area contributed by atoms with Crippen molar-refractivity contribution in [1.82, 2.24) is 15.3 Å². The molecule has 1 aromatic heterocycles. The van der Waals surface area contributed by atoms with Crippen LogP contribution in [0.2, 0.25) is 0 Å². The zero-order valence-electron chi connectivity index (χ0n) is 22.0. The van der Waals surface area contributed by atoms with Gasteiger partial charge in [0.15, 0.2) is 5.11 Å². The monoisotopic (exact) mass is 533 g/mol. The maximum absolute atomic E-state index is 13.6. The largest absolute Gasteiger partial charge is 0.439 e. The van der Waals surface area contributed by atoms with Crippen molar-refractivity contribution >= 4 is 29.1 Å². The second-order valence-corrected chi connectivity index (χ2v) is 11.1. The molecule has 0 amide bonds. The Kier molecular flexibility index (Phi) is 8.37.